The average molecular weight is 391 g/mol. The van der Waals surface area contributed by atoms with Crippen molar-refractivity contribution in [2.24, 2.45) is 28.6 Å². The van der Waals surface area contributed by atoms with Gasteiger partial charge in [-0.25, -0.2) is 0 Å². The quantitative estimate of drug-likeness (QED) is 0.708. The minimum absolute atomic E-state index is 0.117. The van der Waals surface area contributed by atoms with Crippen LogP contribution < -0.4 is 0 Å². The van der Waals surface area contributed by atoms with Gasteiger partial charge in [0.1, 0.15) is 11.7 Å². The van der Waals surface area contributed by atoms with Crippen molar-refractivity contribution in [3.05, 3.63) is 11.6 Å². The Balaban J connectivity index is 1.73. The number of aliphatic hydroxyl groups is 2. The minimum Gasteiger partial charge on any atom is -0.459 e. The van der Waals surface area contributed by atoms with Crippen molar-refractivity contribution in [3.63, 3.8) is 0 Å². The van der Waals surface area contributed by atoms with Crippen LogP contribution in [0.2, 0.25) is 0 Å². The van der Waals surface area contributed by atoms with Crippen molar-refractivity contribution in [1.29, 1.82) is 0 Å². The first kappa shape index (κ1) is 20.1. The summed E-state index contributed by atoms with van der Waals surface area (Å²) in [6.07, 6.45) is 6.06. The second kappa shape index (κ2) is 6.40. The van der Waals surface area contributed by atoms with Gasteiger partial charge in [-0.15, -0.1) is 0 Å². The molecule has 0 spiro atoms. The van der Waals surface area contributed by atoms with Gasteiger partial charge >= 0.3 is 5.97 Å². The van der Waals surface area contributed by atoms with Crippen LogP contribution in [-0.4, -0.2) is 39.8 Å². The summed E-state index contributed by atoms with van der Waals surface area (Å²) in [7, 11) is 0. The predicted octanol–water partition coefficient (Wildman–Crippen LogP) is 3.17. The van der Waals surface area contributed by atoms with Gasteiger partial charge in [0.05, 0.1) is 6.10 Å². The van der Waals surface area contributed by atoms with Gasteiger partial charge in [-0.05, 0) is 74.2 Å². The lowest BCUT2D eigenvalue weighted by Gasteiger charge is -2.65. The van der Waals surface area contributed by atoms with E-state index in [2.05, 4.69) is 19.9 Å². The number of ether oxygens (including phenoxy) is 1. The molecule has 0 aromatic carbocycles. The molecule has 0 aromatic heterocycles. The summed E-state index contributed by atoms with van der Waals surface area (Å²) < 4.78 is 5.70. The third-order valence-corrected chi connectivity index (χ3v) is 9.08. The average Bonchev–Trinajstić information content (AvgIpc) is 2.94. The Kier molecular flexibility index (Phi) is 4.59. The van der Waals surface area contributed by atoms with E-state index in [1.54, 1.807) is 6.92 Å². The third kappa shape index (κ3) is 2.58. The van der Waals surface area contributed by atoms with E-state index in [0.717, 1.165) is 31.3 Å². The number of Topliss-reactive ketones (excluding diaryl/α,β-unsaturated/α-hetero) is 1. The molecule has 3 fully saturated rings. The van der Waals surface area contributed by atoms with E-state index in [-0.39, 0.29) is 23.6 Å². The molecule has 0 radical (unpaired) electrons. The summed E-state index contributed by atoms with van der Waals surface area (Å²) in [6, 6.07) is 0. The van der Waals surface area contributed by atoms with Crippen LogP contribution in [0, 0.1) is 28.6 Å². The topological polar surface area (TPSA) is 83.8 Å². The Morgan fingerprint density at radius 3 is 2.50 bits per heavy atom. The highest BCUT2D eigenvalue weighted by atomic mass is 16.6. The van der Waals surface area contributed by atoms with Gasteiger partial charge in [-0.2, -0.15) is 0 Å². The van der Waals surface area contributed by atoms with Crippen LogP contribution >= 0.6 is 0 Å². The molecule has 4 aliphatic rings. The molecular formula is C23H34O5. The molecule has 8 atom stereocenters. The lowest BCUT2D eigenvalue weighted by molar-refractivity contribution is -0.267. The number of carbonyl (C=O) groups excluding carboxylic acids is 2. The largest absolute Gasteiger partial charge is 0.459 e. The smallest absolute Gasteiger partial charge is 0.303 e. The zero-order chi connectivity index (χ0) is 20.5. The predicted molar refractivity (Wildman–Crippen MR) is 104 cm³/mol. The molecule has 0 aliphatic heterocycles. The highest BCUT2D eigenvalue weighted by Crippen LogP contribution is 2.67. The molecule has 0 aromatic rings. The summed E-state index contributed by atoms with van der Waals surface area (Å²) in [5.41, 5.74) is -0.741. The number of fused-ring (bicyclic) bond motifs is 5. The molecule has 0 unspecified atom stereocenters. The molecule has 5 nitrogen and oxygen atoms in total. The Morgan fingerprint density at radius 2 is 1.86 bits per heavy atom. The maximum atomic E-state index is 12.2. The molecule has 4 rings (SSSR count). The molecule has 2 N–H and O–H groups in total. The van der Waals surface area contributed by atoms with Crippen LogP contribution in [0.15, 0.2) is 11.6 Å². The van der Waals surface area contributed by atoms with E-state index < -0.39 is 23.2 Å². The van der Waals surface area contributed by atoms with E-state index in [1.165, 1.54) is 6.92 Å². The van der Waals surface area contributed by atoms with Crippen molar-refractivity contribution in [1.82, 2.24) is 0 Å². The summed E-state index contributed by atoms with van der Waals surface area (Å²) in [5, 5.41) is 22.1. The normalized spacial score (nSPS) is 50.1. The zero-order valence-corrected chi connectivity index (χ0v) is 17.5. The first-order chi connectivity index (χ1) is 13.0. The Labute approximate surface area is 167 Å². The van der Waals surface area contributed by atoms with E-state index >= 15 is 0 Å². The summed E-state index contributed by atoms with van der Waals surface area (Å²) in [6.45, 7) is 7.42. The third-order valence-electron chi connectivity index (χ3n) is 9.08. The molecule has 0 bridgehead atoms. The fourth-order valence-corrected chi connectivity index (χ4v) is 7.69. The van der Waals surface area contributed by atoms with Gasteiger partial charge in [0, 0.05) is 18.8 Å². The van der Waals surface area contributed by atoms with Crippen LogP contribution in [-0.2, 0) is 14.3 Å². The Hall–Kier alpha value is -1.20. The molecular weight excluding hydrogens is 356 g/mol. The first-order valence-corrected chi connectivity index (χ1v) is 10.8. The van der Waals surface area contributed by atoms with Crippen molar-refractivity contribution >= 4 is 11.8 Å². The number of ketones is 1. The van der Waals surface area contributed by atoms with Crippen LogP contribution in [0.25, 0.3) is 0 Å². The fourth-order valence-electron chi connectivity index (χ4n) is 7.69. The molecule has 28 heavy (non-hydrogen) atoms. The van der Waals surface area contributed by atoms with Crippen molar-refractivity contribution in [2.45, 2.75) is 90.4 Å². The van der Waals surface area contributed by atoms with E-state index in [0.29, 0.717) is 30.6 Å². The number of aliphatic hydroxyl groups excluding tert-OH is 1. The van der Waals surface area contributed by atoms with Crippen molar-refractivity contribution in [2.75, 3.05) is 0 Å². The summed E-state index contributed by atoms with van der Waals surface area (Å²) in [4.78, 5) is 24.1. The van der Waals surface area contributed by atoms with Gasteiger partial charge in [-0.3, -0.25) is 9.59 Å². The van der Waals surface area contributed by atoms with Crippen molar-refractivity contribution in [3.8, 4) is 0 Å². The maximum absolute atomic E-state index is 12.2. The number of rotatable bonds is 2. The molecule has 0 amide bonds. The van der Waals surface area contributed by atoms with Crippen LogP contribution in [0.1, 0.15) is 72.6 Å². The lowest BCUT2D eigenvalue weighted by Crippen LogP contribution is -2.69. The SMILES string of the molecule is CC(=O)O[C@@H]1C[C@H]2[C@@H]3CC=C(C(C)=O)[C@@]3(C)CC[C@@H]2[C@@]2(C)CC[C@H](O)C[C@]12O. The summed E-state index contributed by atoms with van der Waals surface area (Å²) >= 11 is 0. The van der Waals surface area contributed by atoms with E-state index in [9.17, 15) is 19.8 Å². The van der Waals surface area contributed by atoms with E-state index in [1.807, 2.05) is 0 Å². The van der Waals surface area contributed by atoms with Crippen LogP contribution in [0.5, 0.6) is 0 Å². The minimum atomic E-state index is -1.19. The lowest BCUT2D eigenvalue weighted by atomic mass is 9.42. The van der Waals surface area contributed by atoms with Crippen LogP contribution in [0.4, 0.5) is 0 Å². The monoisotopic (exact) mass is 390 g/mol. The zero-order valence-electron chi connectivity index (χ0n) is 17.5. The maximum Gasteiger partial charge on any atom is 0.303 e. The van der Waals surface area contributed by atoms with Gasteiger partial charge < -0.3 is 14.9 Å². The first-order valence-electron chi connectivity index (χ1n) is 10.8. The highest BCUT2D eigenvalue weighted by Gasteiger charge is 2.67. The molecule has 4 aliphatic carbocycles. The number of hydrogen-bond donors (Lipinski definition) is 2. The molecule has 5 heteroatoms. The number of esters is 1. The van der Waals surface area contributed by atoms with Gasteiger partial charge in [-0.1, -0.05) is 19.9 Å². The Bertz CT molecular complexity index is 729. The number of hydrogen-bond acceptors (Lipinski definition) is 5. The van der Waals surface area contributed by atoms with Gasteiger partial charge in [0.25, 0.3) is 0 Å². The number of carbonyl (C=O) groups is 2. The summed E-state index contributed by atoms with van der Waals surface area (Å²) in [5.74, 6) is 0.744. The second-order valence-electron chi connectivity index (χ2n) is 10.3. The van der Waals surface area contributed by atoms with Gasteiger partial charge in [0.15, 0.2) is 5.78 Å². The van der Waals surface area contributed by atoms with E-state index in [4.69, 9.17) is 4.74 Å². The molecule has 3 saturated carbocycles. The Morgan fingerprint density at radius 1 is 1.14 bits per heavy atom. The number of allylic oxidation sites excluding steroid dienone is 2. The molecule has 0 heterocycles. The van der Waals surface area contributed by atoms with Crippen LogP contribution in [0.3, 0.4) is 0 Å². The fraction of sp³-hybridized carbons (Fsp3) is 0.826. The second-order valence-corrected chi connectivity index (χ2v) is 10.3. The molecule has 0 saturated heterocycles. The van der Waals surface area contributed by atoms with Gasteiger partial charge in [0.2, 0.25) is 0 Å². The van der Waals surface area contributed by atoms with Crippen molar-refractivity contribution < 1.29 is 24.5 Å². The standard InChI is InChI=1S/C23H34O5/c1-13(24)17-5-6-18-16-11-20(28-14(2)25)23(27)12-15(26)7-10-22(23,4)19(16)8-9-21(17,18)3/h5,15-16,18-20,26-27H,6-12H2,1-4H3/t15-,16-,18-,19-,20+,21+,22+,23-/m0/s1. The highest BCUT2D eigenvalue weighted by molar-refractivity contribution is 5.95. The molecule has 156 valence electrons.